The minimum absolute atomic E-state index is 0.389. The van der Waals surface area contributed by atoms with Crippen molar-refractivity contribution >= 4 is 27.2 Å². The number of nitrogens with one attached hydrogen (secondary N) is 1. The maximum atomic E-state index is 11.8. The molecule has 1 aliphatic heterocycles. The van der Waals surface area contributed by atoms with Gasteiger partial charge < -0.3 is 5.32 Å². The van der Waals surface area contributed by atoms with Gasteiger partial charge >= 0.3 is 0 Å². The predicted molar refractivity (Wildman–Crippen MR) is 76.2 cm³/mol. The van der Waals surface area contributed by atoms with Gasteiger partial charge in [-0.1, -0.05) is 13.0 Å². The first kappa shape index (κ1) is 12.9. The fourth-order valence-corrected chi connectivity index (χ4v) is 3.37. The molecule has 0 saturated heterocycles. The van der Waals surface area contributed by atoms with E-state index in [1.165, 1.54) is 5.41 Å². The average Bonchev–Trinajstić information content (AvgIpc) is 2.64. The third-order valence-corrected chi connectivity index (χ3v) is 4.55. The van der Waals surface area contributed by atoms with Crippen LogP contribution in [0.4, 0.5) is 5.69 Å². The SMILES string of the molecule is CCC=C(C)c1cc2c(cc1NC)S(=O)(=O)C=C2. The van der Waals surface area contributed by atoms with Gasteiger partial charge in [0.15, 0.2) is 0 Å². The molecule has 0 amide bonds. The van der Waals surface area contributed by atoms with E-state index < -0.39 is 9.84 Å². The summed E-state index contributed by atoms with van der Waals surface area (Å²) in [4.78, 5) is 0.389. The van der Waals surface area contributed by atoms with Gasteiger partial charge in [0.25, 0.3) is 0 Å². The van der Waals surface area contributed by atoms with Gasteiger partial charge in [0.1, 0.15) is 0 Å². The molecule has 4 heteroatoms. The van der Waals surface area contributed by atoms with E-state index in [1.54, 1.807) is 19.2 Å². The van der Waals surface area contributed by atoms with Crippen LogP contribution in [0.15, 0.2) is 28.5 Å². The molecule has 0 unspecified atom stereocenters. The first-order valence-electron chi connectivity index (χ1n) is 5.95. The highest BCUT2D eigenvalue weighted by molar-refractivity contribution is 7.94. The molecule has 0 aliphatic carbocycles. The Morgan fingerprint density at radius 2 is 2.11 bits per heavy atom. The summed E-state index contributed by atoms with van der Waals surface area (Å²) in [6.45, 7) is 4.12. The van der Waals surface area contributed by atoms with Crippen molar-refractivity contribution in [2.75, 3.05) is 12.4 Å². The van der Waals surface area contributed by atoms with Crippen molar-refractivity contribution in [3.63, 3.8) is 0 Å². The second-order valence-electron chi connectivity index (χ2n) is 4.33. The zero-order valence-corrected chi connectivity index (χ0v) is 11.6. The largest absolute Gasteiger partial charge is 0.388 e. The van der Waals surface area contributed by atoms with Crippen LogP contribution in [0.3, 0.4) is 0 Å². The summed E-state index contributed by atoms with van der Waals surface area (Å²) >= 11 is 0. The third kappa shape index (κ3) is 2.08. The molecule has 1 N–H and O–H groups in total. The van der Waals surface area contributed by atoms with Gasteiger partial charge in [-0.15, -0.1) is 0 Å². The quantitative estimate of drug-likeness (QED) is 0.910. The molecule has 0 fully saturated rings. The molecule has 96 valence electrons. The Hall–Kier alpha value is -1.55. The summed E-state index contributed by atoms with van der Waals surface area (Å²) in [7, 11) is -1.43. The second kappa shape index (κ2) is 4.61. The lowest BCUT2D eigenvalue weighted by atomic mass is 10.0. The number of fused-ring (bicyclic) bond motifs is 1. The van der Waals surface area contributed by atoms with Crippen LogP contribution in [0.25, 0.3) is 11.6 Å². The van der Waals surface area contributed by atoms with Gasteiger partial charge in [-0.2, -0.15) is 0 Å². The van der Waals surface area contributed by atoms with Gasteiger partial charge in [-0.25, -0.2) is 8.42 Å². The zero-order chi connectivity index (χ0) is 13.3. The smallest absolute Gasteiger partial charge is 0.200 e. The van der Waals surface area contributed by atoms with Crippen molar-refractivity contribution in [3.8, 4) is 0 Å². The van der Waals surface area contributed by atoms with Gasteiger partial charge in [0.05, 0.1) is 4.90 Å². The van der Waals surface area contributed by atoms with Crippen molar-refractivity contribution in [3.05, 3.63) is 34.7 Å². The predicted octanol–water partition coefficient (Wildman–Crippen LogP) is 3.30. The molecule has 2 rings (SSSR count). The number of hydrogen-bond donors (Lipinski definition) is 1. The van der Waals surface area contributed by atoms with E-state index in [2.05, 4.69) is 18.3 Å². The Morgan fingerprint density at radius 3 is 2.72 bits per heavy atom. The molecular weight excluding hydrogens is 246 g/mol. The fraction of sp³-hybridized carbons (Fsp3) is 0.286. The Morgan fingerprint density at radius 1 is 1.39 bits per heavy atom. The van der Waals surface area contributed by atoms with Crippen molar-refractivity contribution in [1.29, 1.82) is 0 Å². The van der Waals surface area contributed by atoms with Crippen LogP contribution in [0.1, 0.15) is 31.4 Å². The first-order valence-corrected chi connectivity index (χ1v) is 7.50. The van der Waals surface area contributed by atoms with Gasteiger partial charge in [-0.3, -0.25) is 0 Å². The van der Waals surface area contributed by atoms with Crippen LogP contribution in [0, 0.1) is 0 Å². The van der Waals surface area contributed by atoms with Crippen molar-refractivity contribution < 1.29 is 8.42 Å². The van der Waals surface area contributed by atoms with Crippen LogP contribution < -0.4 is 5.32 Å². The molecular formula is C14H17NO2S. The lowest BCUT2D eigenvalue weighted by Gasteiger charge is -2.12. The van der Waals surface area contributed by atoms with Gasteiger partial charge in [0.2, 0.25) is 9.84 Å². The van der Waals surface area contributed by atoms with E-state index in [4.69, 9.17) is 0 Å². The number of anilines is 1. The van der Waals surface area contributed by atoms with E-state index in [9.17, 15) is 8.42 Å². The van der Waals surface area contributed by atoms with Crippen molar-refractivity contribution in [2.24, 2.45) is 0 Å². The molecule has 1 aliphatic rings. The number of allylic oxidation sites excluding steroid dienone is 2. The molecule has 0 aromatic heterocycles. The Labute approximate surface area is 108 Å². The monoisotopic (exact) mass is 263 g/mol. The molecule has 0 bridgehead atoms. The average molecular weight is 263 g/mol. The highest BCUT2D eigenvalue weighted by Gasteiger charge is 2.22. The van der Waals surface area contributed by atoms with E-state index in [0.717, 1.165) is 28.8 Å². The normalized spacial score (nSPS) is 16.7. The highest BCUT2D eigenvalue weighted by atomic mass is 32.2. The van der Waals surface area contributed by atoms with Gasteiger partial charge in [-0.05, 0) is 42.7 Å². The second-order valence-corrected chi connectivity index (χ2v) is 6.13. The first-order chi connectivity index (χ1) is 8.49. The molecule has 3 nitrogen and oxygen atoms in total. The summed E-state index contributed by atoms with van der Waals surface area (Å²) in [6, 6.07) is 3.65. The van der Waals surface area contributed by atoms with Gasteiger partial charge in [0, 0.05) is 23.7 Å². The number of benzene rings is 1. The maximum absolute atomic E-state index is 11.8. The number of hydrogen-bond acceptors (Lipinski definition) is 3. The minimum Gasteiger partial charge on any atom is -0.388 e. The molecule has 18 heavy (non-hydrogen) atoms. The molecule has 1 heterocycles. The van der Waals surface area contributed by atoms with E-state index in [-0.39, 0.29) is 0 Å². The van der Waals surface area contributed by atoms with Crippen LogP contribution >= 0.6 is 0 Å². The molecule has 0 atom stereocenters. The molecule has 1 aromatic carbocycles. The summed E-state index contributed by atoms with van der Waals surface area (Å²) < 4.78 is 23.6. The summed E-state index contributed by atoms with van der Waals surface area (Å²) in [5, 5.41) is 4.33. The summed E-state index contributed by atoms with van der Waals surface area (Å²) in [5.74, 6) is 0. The lowest BCUT2D eigenvalue weighted by Crippen LogP contribution is -2.00. The fourth-order valence-electron chi connectivity index (χ4n) is 2.16. The third-order valence-electron chi connectivity index (χ3n) is 3.09. The van der Waals surface area contributed by atoms with Crippen LogP contribution in [0.2, 0.25) is 0 Å². The number of rotatable bonds is 3. The van der Waals surface area contributed by atoms with E-state index in [0.29, 0.717) is 4.90 Å². The maximum Gasteiger partial charge on any atom is 0.200 e. The van der Waals surface area contributed by atoms with Crippen molar-refractivity contribution in [2.45, 2.75) is 25.2 Å². The summed E-state index contributed by atoms with van der Waals surface area (Å²) in [6.07, 6.45) is 4.75. The van der Waals surface area contributed by atoms with Crippen molar-refractivity contribution in [1.82, 2.24) is 0 Å². The zero-order valence-electron chi connectivity index (χ0n) is 10.8. The highest BCUT2D eigenvalue weighted by Crippen LogP contribution is 2.34. The van der Waals surface area contributed by atoms with E-state index >= 15 is 0 Å². The van der Waals surface area contributed by atoms with E-state index in [1.807, 2.05) is 13.0 Å². The Kier molecular flexibility index (Phi) is 3.30. The Bertz CT molecular complexity index is 640. The molecule has 0 saturated carbocycles. The molecule has 0 radical (unpaired) electrons. The van der Waals surface area contributed by atoms with Crippen LogP contribution in [0.5, 0.6) is 0 Å². The van der Waals surface area contributed by atoms with Crippen LogP contribution in [-0.4, -0.2) is 15.5 Å². The minimum atomic E-state index is -3.23. The lowest BCUT2D eigenvalue weighted by molar-refractivity contribution is 0.605. The number of sulfone groups is 1. The van der Waals surface area contributed by atoms with Crippen LogP contribution in [-0.2, 0) is 9.84 Å². The summed E-state index contributed by atoms with van der Waals surface area (Å²) in [5.41, 5.74) is 3.83. The standard InChI is InChI=1S/C14H17NO2S/c1-4-5-10(2)12-8-11-6-7-18(16,17)14(11)9-13(12)15-3/h5-9,15H,4H2,1-3H3. The molecule has 0 spiro atoms. The topological polar surface area (TPSA) is 46.2 Å². The molecule has 1 aromatic rings. The Balaban J connectivity index is 2.65.